The maximum absolute atomic E-state index is 11.8. The Hall–Kier alpha value is -2.95. The lowest BCUT2D eigenvalue weighted by Crippen LogP contribution is -2.25. The molecule has 24 heavy (non-hydrogen) atoms. The smallest absolute Gasteiger partial charge is 0.428 e. The van der Waals surface area contributed by atoms with Gasteiger partial charge in [0.25, 0.3) is 0 Å². The molecular formula is C19H18N2O3. The Bertz CT molecular complexity index is 880. The van der Waals surface area contributed by atoms with Gasteiger partial charge >= 0.3 is 6.16 Å². The van der Waals surface area contributed by atoms with Gasteiger partial charge in [0, 0.05) is 10.9 Å². The van der Waals surface area contributed by atoms with Crippen LogP contribution in [-0.2, 0) is 4.74 Å². The molecular weight excluding hydrogens is 304 g/mol. The molecule has 0 aliphatic heterocycles. The molecule has 0 aliphatic rings. The van der Waals surface area contributed by atoms with Crippen LogP contribution < -0.4 is 4.74 Å². The van der Waals surface area contributed by atoms with Crippen LogP contribution in [0.3, 0.4) is 0 Å². The summed E-state index contributed by atoms with van der Waals surface area (Å²) in [6, 6.07) is 15.1. The zero-order chi connectivity index (χ0) is 17.2. The highest BCUT2D eigenvalue weighted by Crippen LogP contribution is 2.29. The van der Waals surface area contributed by atoms with Crippen molar-refractivity contribution >= 4 is 17.1 Å². The lowest BCUT2D eigenvalue weighted by molar-refractivity contribution is 0.0206. The monoisotopic (exact) mass is 322 g/mol. The largest absolute Gasteiger partial charge is 0.514 e. The van der Waals surface area contributed by atoms with E-state index in [1.807, 2.05) is 36.4 Å². The highest BCUT2D eigenvalue weighted by atomic mass is 16.7. The third-order valence-electron chi connectivity index (χ3n) is 3.28. The van der Waals surface area contributed by atoms with Crippen LogP contribution >= 0.6 is 0 Å². The number of aromatic nitrogens is 2. The normalized spacial score (nSPS) is 11.3. The van der Waals surface area contributed by atoms with E-state index in [0.717, 1.165) is 22.0 Å². The van der Waals surface area contributed by atoms with Gasteiger partial charge in [-0.25, -0.2) is 4.79 Å². The van der Waals surface area contributed by atoms with E-state index in [1.165, 1.54) is 0 Å². The van der Waals surface area contributed by atoms with Gasteiger partial charge < -0.3 is 9.47 Å². The van der Waals surface area contributed by atoms with Crippen molar-refractivity contribution in [2.24, 2.45) is 0 Å². The zero-order valence-corrected chi connectivity index (χ0v) is 13.8. The first kappa shape index (κ1) is 15.9. The van der Waals surface area contributed by atoms with E-state index >= 15 is 0 Å². The number of hydrogen-bond donors (Lipinski definition) is 0. The second kappa shape index (κ2) is 6.28. The van der Waals surface area contributed by atoms with Gasteiger partial charge in [0.1, 0.15) is 16.9 Å². The molecule has 0 bridgehead atoms. The van der Waals surface area contributed by atoms with Crippen LogP contribution in [0.15, 0.2) is 54.7 Å². The Balaban J connectivity index is 1.92. The molecule has 0 aliphatic carbocycles. The van der Waals surface area contributed by atoms with E-state index in [-0.39, 0.29) is 0 Å². The number of ether oxygens (including phenoxy) is 2. The van der Waals surface area contributed by atoms with Crippen molar-refractivity contribution < 1.29 is 14.3 Å². The van der Waals surface area contributed by atoms with Crippen molar-refractivity contribution in [1.82, 2.24) is 10.2 Å². The maximum Gasteiger partial charge on any atom is 0.514 e. The van der Waals surface area contributed by atoms with E-state index in [2.05, 4.69) is 10.2 Å². The zero-order valence-electron chi connectivity index (χ0n) is 13.8. The number of carbonyl (C=O) groups excluding carboxylic acids is 1. The Morgan fingerprint density at radius 2 is 1.83 bits per heavy atom. The Kier molecular flexibility index (Phi) is 4.16. The summed E-state index contributed by atoms with van der Waals surface area (Å²) in [5, 5.41) is 9.17. The molecule has 0 radical (unpaired) electrons. The van der Waals surface area contributed by atoms with Crippen LogP contribution in [0, 0.1) is 0 Å². The number of nitrogens with zero attached hydrogens (tertiary/aromatic N) is 2. The molecule has 3 rings (SSSR count). The summed E-state index contributed by atoms with van der Waals surface area (Å²) in [5.41, 5.74) is 2.02. The number of benzene rings is 2. The average Bonchev–Trinajstić information content (AvgIpc) is 2.52. The van der Waals surface area contributed by atoms with Crippen molar-refractivity contribution in [2.45, 2.75) is 26.4 Å². The van der Waals surface area contributed by atoms with Crippen LogP contribution in [0.25, 0.3) is 22.0 Å². The van der Waals surface area contributed by atoms with Crippen molar-refractivity contribution in [3.8, 4) is 16.9 Å². The second-order valence-electron chi connectivity index (χ2n) is 6.37. The quantitative estimate of drug-likeness (QED) is 0.509. The fourth-order valence-corrected chi connectivity index (χ4v) is 2.34. The Morgan fingerprint density at radius 3 is 2.62 bits per heavy atom. The molecule has 5 nitrogen and oxygen atoms in total. The lowest BCUT2D eigenvalue weighted by Gasteiger charge is -2.18. The van der Waals surface area contributed by atoms with Crippen LogP contribution in [-0.4, -0.2) is 22.0 Å². The first-order valence-electron chi connectivity index (χ1n) is 7.64. The van der Waals surface area contributed by atoms with Crippen molar-refractivity contribution in [3.05, 3.63) is 54.7 Å². The molecule has 2 aromatic carbocycles. The molecule has 122 valence electrons. The number of hydrogen-bond acceptors (Lipinski definition) is 5. The van der Waals surface area contributed by atoms with E-state index in [4.69, 9.17) is 9.47 Å². The third-order valence-corrected chi connectivity index (χ3v) is 3.28. The fraction of sp³-hybridized carbons (Fsp3) is 0.211. The van der Waals surface area contributed by atoms with Gasteiger partial charge in [-0.1, -0.05) is 30.3 Å². The summed E-state index contributed by atoms with van der Waals surface area (Å²) in [6.07, 6.45) is 0.936. The van der Waals surface area contributed by atoms with Gasteiger partial charge in [-0.15, -0.1) is 5.10 Å². The minimum absolute atomic E-state index is 0.419. The molecule has 0 fully saturated rings. The summed E-state index contributed by atoms with van der Waals surface area (Å²) in [5.74, 6) is 0.419. The van der Waals surface area contributed by atoms with E-state index in [9.17, 15) is 4.79 Å². The Labute approximate surface area is 140 Å². The molecule has 5 heteroatoms. The molecule has 0 N–H and O–H groups in total. The molecule has 1 aromatic heterocycles. The first-order chi connectivity index (χ1) is 11.4. The van der Waals surface area contributed by atoms with E-state index in [1.54, 1.807) is 39.1 Å². The third kappa shape index (κ3) is 3.68. The van der Waals surface area contributed by atoms with Crippen LogP contribution in [0.2, 0.25) is 0 Å². The number of carbonyl (C=O) groups is 1. The van der Waals surface area contributed by atoms with E-state index < -0.39 is 11.8 Å². The van der Waals surface area contributed by atoms with Crippen molar-refractivity contribution in [2.75, 3.05) is 0 Å². The summed E-state index contributed by atoms with van der Waals surface area (Å²) in [6.45, 7) is 5.37. The van der Waals surface area contributed by atoms with Crippen molar-refractivity contribution in [1.29, 1.82) is 0 Å². The summed E-state index contributed by atoms with van der Waals surface area (Å²) in [4.78, 5) is 11.8. The predicted molar refractivity (Wildman–Crippen MR) is 91.8 cm³/mol. The van der Waals surface area contributed by atoms with Gasteiger partial charge in [-0.3, -0.25) is 0 Å². The summed E-state index contributed by atoms with van der Waals surface area (Å²) < 4.78 is 10.4. The lowest BCUT2D eigenvalue weighted by atomic mass is 10.0. The van der Waals surface area contributed by atoms with Crippen LogP contribution in [0.1, 0.15) is 20.8 Å². The average molecular weight is 322 g/mol. The number of fused-ring (bicyclic) bond motifs is 1. The van der Waals surface area contributed by atoms with Gasteiger partial charge in [-0.2, -0.15) is 5.10 Å². The van der Waals surface area contributed by atoms with E-state index in [0.29, 0.717) is 5.75 Å². The summed E-state index contributed by atoms with van der Waals surface area (Å²) in [7, 11) is 0. The second-order valence-corrected chi connectivity index (χ2v) is 6.37. The molecule has 1 heterocycles. The fourth-order valence-electron chi connectivity index (χ4n) is 2.34. The highest BCUT2D eigenvalue weighted by Gasteiger charge is 2.18. The Morgan fingerprint density at radius 1 is 1.04 bits per heavy atom. The minimum atomic E-state index is -0.725. The number of rotatable bonds is 2. The van der Waals surface area contributed by atoms with Gasteiger partial charge in [-0.05, 0) is 44.5 Å². The molecule has 0 saturated carbocycles. The van der Waals surface area contributed by atoms with Crippen LogP contribution in [0.5, 0.6) is 5.75 Å². The molecule has 0 spiro atoms. The first-order valence-corrected chi connectivity index (χ1v) is 7.64. The van der Waals surface area contributed by atoms with Gasteiger partial charge in [0.05, 0.1) is 6.20 Å². The topological polar surface area (TPSA) is 61.3 Å². The van der Waals surface area contributed by atoms with Gasteiger partial charge in [0.15, 0.2) is 0 Å². The van der Waals surface area contributed by atoms with Crippen molar-refractivity contribution in [3.63, 3.8) is 0 Å². The molecule has 3 aromatic rings. The molecule has 0 saturated heterocycles. The SMILES string of the molecule is CC(C)(C)OC(=O)Oc1cccc(-c2cccc3ccnnc23)c1. The predicted octanol–water partition coefficient (Wildman–Crippen LogP) is 4.61. The highest BCUT2D eigenvalue weighted by molar-refractivity contribution is 5.93. The maximum atomic E-state index is 11.8. The minimum Gasteiger partial charge on any atom is -0.428 e. The molecule has 0 amide bonds. The standard InChI is InChI=1S/C19H18N2O3/c1-19(2,3)24-18(22)23-15-8-4-7-14(12-15)16-9-5-6-13-10-11-20-21-17(13)16/h4-12H,1-3H3. The van der Waals surface area contributed by atoms with Crippen LogP contribution in [0.4, 0.5) is 4.79 Å². The molecule has 0 atom stereocenters. The molecule has 0 unspecified atom stereocenters. The van der Waals surface area contributed by atoms with Gasteiger partial charge in [0.2, 0.25) is 0 Å². The summed E-state index contributed by atoms with van der Waals surface area (Å²) >= 11 is 0.